The number of ether oxygens (including phenoxy) is 1. The molecule has 1 aromatic carbocycles. The van der Waals surface area contributed by atoms with Crippen molar-refractivity contribution in [3.05, 3.63) is 29.8 Å². The normalized spacial score (nSPS) is 18.5. The lowest BCUT2D eigenvalue weighted by Crippen LogP contribution is -2.28. The van der Waals surface area contributed by atoms with Crippen LogP contribution in [0.1, 0.15) is 42.9 Å². The van der Waals surface area contributed by atoms with Crippen molar-refractivity contribution in [2.24, 2.45) is 0 Å². The van der Waals surface area contributed by atoms with Crippen LogP contribution in [0.4, 0.5) is 8.78 Å². The topological polar surface area (TPSA) is 9.23 Å². The third kappa shape index (κ3) is 4.71. The molecule has 1 fully saturated rings. The van der Waals surface area contributed by atoms with Gasteiger partial charge in [0.05, 0.1) is 16.8 Å². The van der Waals surface area contributed by atoms with E-state index in [1.54, 1.807) is 54.0 Å². The van der Waals surface area contributed by atoms with Gasteiger partial charge in [-0.1, -0.05) is 54.0 Å². The van der Waals surface area contributed by atoms with Crippen LogP contribution in [0, 0.1) is 0 Å². The molecular weight excluding hydrogens is 405 g/mol. The minimum atomic E-state index is -2.68. The Kier molecular flexibility index (Phi) is 6.59. The van der Waals surface area contributed by atoms with Gasteiger partial charge in [0.1, 0.15) is 5.75 Å². The molecule has 0 amide bonds. The number of alkyl halides is 3. The minimum Gasteiger partial charge on any atom is -0.497 e. The Labute approximate surface area is 143 Å². The second kappa shape index (κ2) is 7.99. The number of benzene rings is 1. The van der Waals surface area contributed by atoms with E-state index in [-0.39, 0.29) is 4.43 Å². The van der Waals surface area contributed by atoms with E-state index in [0.29, 0.717) is 16.6 Å². The molecule has 5 heteroatoms. The molecule has 1 aromatic rings. The first kappa shape index (κ1) is 17.3. The van der Waals surface area contributed by atoms with Gasteiger partial charge in [-0.25, -0.2) is 8.78 Å². The summed E-state index contributed by atoms with van der Waals surface area (Å²) in [5.41, 5.74) is 0.702. The predicted molar refractivity (Wildman–Crippen MR) is 94.0 cm³/mol. The Balaban J connectivity index is 2.17. The van der Waals surface area contributed by atoms with Gasteiger partial charge in [-0.3, -0.25) is 0 Å². The SMILES string of the molecule is COc1ccc(C(SC2CCCCC2)C(F)(F)CI)cc1. The highest BCUT2D eigenvalue weighted by molar-refractivity contribution is 14.1. The molecule has 1 aliphatic rings. The van der Waals surface area contributed by atoms with Gasteiger partial charge in [-0.05, 0) is 30.5 Å². The Morgan fingerprint density at radius 2 is 1.86 bits per heavy atom. The number of hydrogen-bond acceptors (Lipinski definition) is 2. The summed E-state index contributed by atoms with van der Waals surface area (Å²) >= 11 is 3.26. The lowest BCUT2D eigenvalue weighted by Gasteiger charge is -2.31. The van der Waals surface area contributed by atoms with Gasteiger partial charge in [-0.2, -0.15) is 0 Å². The summed E-state index contributed by atoms with van der Waals surface area (Å²) in [6.07, 6.45) is 5.71. The zero-order valence-electron chi connectivity index (χ0n) is 12.2. The van der Waals surface area contributed by atoms with Crippen LogP contribution in [0.25, 0.3) is 0 Å². The Bertz CT molecular complexity index is 432. The van der Waals surface area contributed by atoms with Crippen molar-refractivity contribution in [3.63, 3.8) is 0 Å². The summed E-state index contributed by atoms with van der Waals surface area (Å²) in [5.74, 6) is -1.98. The van der Waals surface area contributed by atoms with Gasteiger partial charge in [-0.15, -0.1) is 11.8 Å². The first-order valence-electron chi connectivity index (χ1n) is 7.30. The molecule has 0 spiro atoms. The maximum atomic E-state index is 14.4. The molecule has 21 heavy (non-hydrogen) atoms. The van der Waals surface area contributed by atoms with Gasteiger partial charge in [0.25, 0.3) is 5.92 Å². The fourth-order valence-corrected chi connectivity index (χ4v) is 4.99. The zero-order valence-corrected chi connectivity index (χ0v) is 15.1. The Hall–Kier alpha value is -0.0400. The van der Waals surface area contributed by atoms with Crippen LogP contribution in [-0.4, -0.2) is 22.7 Å². The molecule has 118 valence electrons. The Morgan fingerprint density at radius 3 is 2.38 bits per heavy atom. The second-order valence-electron chi connectivity index (χ2n) is 5.44. The van der Waals surface area contributed by atoms with Crippen molar-refractivity contribution in [2.75, 3.05) is 11.5 Å². The van der Waals surface area contributed by atoms with Crippen LogP contribution < -0.4 is 4.74 Å². The number of thioether (sulfide) groups is 1. The average molecular weight is 426 g/mol. The maximum absolute atomic E-state index is 14.4. The van der Waals surface area contributed by atoms with Crippen LogP contribution in [0.15, 0.2) is 24.3 Å². The van der Waals surface area contributed by atoms with E-state index < -0.39 is 11.2 Å². The maximum Gasteiger partial charge on any atom is 0.272 e. The second-order valence-corrected chi connectivity index (χ2v) is 7.62. The molecule has 1 unspecified atom stereocenters. The van der Waals surface area contributed by atoms with E-state index in [2.05, 4.69) is 0 Å². The largest absolute Gasteiger partial charge is 0.497 e. The van der Waals surface area contributed by atoms with Crippen molar-refractivity contribution >= 4 is 34.4 Å². The standard InChI is InChI=1S/C16H21F2IOS/c1-20-13-9-7-12(8-10-13)15(16(17,18)11-19)21-14-5-3-2-4-6-14/h7-10,14-15H,2-6,11H2,1H3. The lowest BCUT2D eigenvalue weighted by atomic mass is 10.0. The molecule has 0 N–H and O–H groups in total. The van der Waals surface area contributed by atoms with E-state index in [0.717, 1.165) is 12.8 Å². The first-order chi connectivity index (χ1) is 10.1. The summed E-state index contributed by atoms with van der Waals surface area (Å²) < 4.78 is 33.7. The summed E-state index contributed by atoms with van der Waals surface area (Å²) in [4.78, 5) is 0. The number of rotatable bonds is 6. The smallest absolute Gasteiger partial charge is 0.272 e. The van der Waals surface area contributed by atoms with Gasteiger partial charge in [0.2, 0.25) is 0 Å². The third-order valence-corrected chi connectivity index (χ3v) is 6.62. The van der Waals surface area contributed by atoms with E-state index in [9.17, 15) is 8.78 Å². The third-order valence-electron chi connectivity index (χ3n) is 3.86. The molecule has 2 rings (SSSR count). The van der Waals surface area contributed by atoms with E-state index in [4.69, 9.17) is 4.74 Å². The van der Waals surface area contributed by atoms with Crippen molar-refractivity contribution in [1.29, 1.82) is 0 Å². The number of methoxy groups -OCH3 is 1. The van der Waals surface area contributed by atoms with Crippen molar-refractivity contribution in [3.8, 4) is 5.75 Å². The highest BCUT2D eigenvalue weighted by Crippen LogP contribution is 2.48. The van der Waals surface area contributed by atoms with Gasteiger partial charge in [0, 0.05) is 5.25 Å². The van der Waals surface area contributed by atoms with Gasteiger partial charge >= 0.3 is 0 Å². The van der Waals surface area contributed by atoms with Crippen LogP contribution in [0.2, 0.25) is 0 Å². The lowest BCUT2D eigenvalue weighted by molar-refractivity contribution is 0.0277. The summed E-state index contributed by atoms with van der Waals surface area (Å²) in [6, 6.07) is 7.10. The molecule has 1 nitrogen and oxygen atoms in total. The average Bonchev–Trinajstić information content (AvgIpc) is 2.53. The summed E-state index contributed by atoms with van der Waals surface area (Å²) in [5, 5.41) is -0.400. The molecule has 1 aliphatic carbocycles. The van der Waals surface area contributed by atoms with E-state index in [1.807, 2.05) is 0 Å². The fourth-order valence-electron chi connectivity index (χ4n) is 2.66. The first-order valence-corrected chi connectivity index (χ1v) is 9.77. The highest BCUT2D eigenvalue weighted by atomic mass is 127. The summed E-state index contributed by atoms with van der Waals surface area (Å²) in [6.45, 7) is 0. The number of hydrogen-bond donors (Lipinski definition) is 0. The molecule has 0 saturated heterocycles. The molecule has 1 saturated carbocycles. The van der Waals surface area contributed by atoms with Crippen LogP contribution in [0.5, 0.6) is 5.75 Å². The van der Waals surface area contributed by atoms with Crippen LogP contribution >= 0.6 is 34.4 Å². The van der Waals surface area contributed by atoms with Crippen molar-refractivity contribution < 1.29 is 13.5 Å². The molecule has 0 aliphatic heterocycles. The highest BCUT2D eigenvalue weighted by Gasteiger charge is 2.41. The fraction of sp³-hybridized carbons (Fsp3) is 0.625. The molecule has 0 bridgehead atoms. The van der Waals surface area contributed by atoms with Crippen LogP contribution in [-0.2, 0) is 0 Å². The van der Waals surface area contributed by atoms with Crippen LogP contribution in [0.3, 0.4) is 0 Å². The molecule has 1 atom stereocenters. The van der Waals surface area contributed by atoms with Gasteiger partial charge in [0.15, 0.2) is 0 Å². The zero-order chi connectivity index (χ0) is 15.3. The number of halogens is 3. The molecule has 0 radical (unpaired) electrons. The summed E-state index contributed by atoms with van der Waals surface area (Å²) in [7, 11) is 1.59. The predicted octanol–water partition coefficient (Wildman–Crippen LogP) is 5.87. The quantitative estimate of drug-likeness (QED) is 0.416. The Morgan fingerprint density at radius 1 is 1.24 bits per heavy atom. The monoisotopic (exact) mass is 426 g/mol. The van der Waals surface area contributed by atoms with Crippen molar-refractivity contribution in [2.45, 2.75) is 48.5 Å². The molecule has 0 aromatic heterocycles. The van der Waals surface area contributed by atoms with E-state index >= 15 is 0 Å². The van der Waals surface area contributed by atoms with Gasteiger partial charge < -0.3 is 4.74 Å². The minimum absolute atomic E-state index is 0.152. The van der Waals surface area contributed by atoms with E-state index in [1.165, 1.54) is 31.0 Å². The molecule has 0 heterocycles. The van der Waals surface area contributed by atoms with Crippen molar-refractivity contribution in [1.82, 2.24) is 0 Å². The molecular formula is C16H21F2IOS.